The summed E-state index contributed by atoms with van der Waals surface area (Å²) < 4.78 is 15.3. The Morgan fingerprint density at radius 1 is 1.06 bits per heavy atom. The summed E-state index contributed by atoms with van der Waals surface area (Å²) in [6, 6.07) is 0. The van der Waals surface area contributed by atoms with Crippen molar-refractivity contribution in [2.24, 2.45) is 11.8 Å². The standard InChI is InChI=1S/C13H24O4/c1-11-3-5-12(6-4-11)13(14)17-10-9-16-8-7-15-2/h11-12H,3-10H2,1-2H3. The van der Waals surface area contributed by atoms with E-state index in [1.807, 2.05) is 0 Å². The molecule has 1 rings (SSSR count). The maximum Gasteiger partial charge on any atom is 0.309 e. The lowest BCUT2D eigenvalue weighted by Gasteiger charge is -2.24. The lowest BCUT2D eigenvalue weighted by atomic mass is 9.83. The zero-order chi connectivity index (χ0) is 12.5. The molecule has 0 aliphatic heterocycles. The molecule has 1 aliphatic carbocycles. The van der Waals surface area contributed by atoms with Gasteiger partial charge >= 0.3 is 5.97 Å². The molecule has 0 atom stereocenters. The van der Waals surface area contributed by atoms with E-state index in [0.29, 0.717) is 26.4 Å². The molecule has 0 amide bonds. The highest BCUT2D eigenvalue weighted by molar-refractivity contribution is 5.72. The number of esters is 1. The average Bonchev–Trinajstić information content (AvgIpc) is 2.34. The van der Waals surface area contributed by atoms with Gasteiger partial charge in [-0.3, -0.25) is 4.79 Å². The quantitative estimate of drug-likeness (QED) is 0.507. The molecule has 0 saturated heterocycles. The van der Waals surface area contributed by atoms with Crippen LogP contribution in [0.25, 0.3) is 0 Å². The number of methoxy groups -OCH3 is 1. The third-order valence-corrected chi connectivity index (χ3v) is 3.25. The number of ether oxygens (including phenoxy) is 3. The van der Waals surface area contributed by atoms with E-state index in [1.165, 1.54) is 0 Å². The van der Waals surface area contributed by atoms with Crippen LogP contribution in [0.3, 0.4) is 0 Å². The normalized spacial score (nSPS) is 24.6. The van der Waals surface area contributed by atoms with Gasteiger partial charge in [0.25, 0.3) is 0 Å². The van der Waals surface area contributed by atoms with Gasteiger partial charge in [0.15, 0.2) is 0 Å². The first kappa shape index (κ1) is 14.5. The van der Waals surface area contributed by atoms with Gasteiger partial charge in [-0.15, -0.1) is 0 Å². The first-order valence-corrected chi connectivity index (χ1v) is 6.47. The molecular weight excluding hydrogens is 220 g/mol. The Labute approximate surface area is 104 Å². The van der Waals surface area contributed by atoms with E-state index < -0.39 is 0 Å². The molecule has 1 fully saturated rings. The van der Waals surface area contributed by atoms with E-state index >= 15 is 0 Å². The summed E-state index contributed by atoms with van der Waals surface area (Å²) in [5.74, 6) is 0.828. The SMILES string of the molecule is COCCOCCOC(=O)C1CCC(C)CC1. The van der Waals surface area contributed by atoms with Gasteiger partial charge in [-0.05, 0) is 31.6 Å². The Kier molecular flexibility index (Phi) is 7.21. The Bertz CT molecular complexity index is 209. The van der Waals surface area contributed by atoms with Crippen LogP contribution in [0.2, 0.25) is 0 Å². The van der Waals surface area contributed by atoms with Crippen LogP contribution in [0.15, 0.2) is 0 Å². The summed E-state index contributed by atoms with van der Waals surface area (Å²) >= 11 is 0. The van der Waals surface area contributed by atoms with E-state index in [4.69, 9.17) is 14.2 Å². The van der Waals surface area contributed by atoms with E-state index in [-0.39, 0.29) is 11.9 Å². The lowest BCUT2D eigenvalue weighted by Crippen LogP contribution is -2.24. The smallest absolute Gasteiger partial charge is 0.309 e. The van der Waals surface area contributed by atoms with Gasteiger partial charge < -0.3 is 14.2 Å². The van der Waals surface area contributed by atoms with E-state index in [2.05, 4.69) is 6.92 Å². The molecular formula is C13H24O4. The van der Waals surface area contributed by atoms with Crippen LogP contribution in [0.1, 0.15) is 32.6 Å². The summed E-state index contributed by atoms with van der Waals surface area (Å²) in [6.07, 6.45) is 4.24. The minimum Gasteiger partial charge on any atom is -0.463 e. The highest BCUT2D eigenvalue weighted by atomic mass is 16.6. The van der Waals surface area contributed by atoms with E-state index in [9.17, 15) is 4.79 Å². The molecule has 0 aromatic heterocycles. The third kappa shape index (κ3) is 6.03. The first-order chi connectivity index (χ1) is 8.24. The Morgan fingerprint density at radius 2 is 1.71 bits per heavy atom. The van der Waals surface area contributed by atoms with Crippen molar-refractivity contribution in [3.63, 3.8) is 0 Å². The molecule has 0 unspecified atom stereocenters. The number of rotatable bonds is 7. The molecule has 0 bridgehead atoms. The van der Waals surface area contributed by atoms with Crippen molar-refractivity contribution in [2.75, 3.05) is 33.5 Å². The summed E-state index contributed by atoms with van der Waals surface area (Å²) in [6.45, 7) is 4.18. The molecule has 0 N–H and O–H groups in total. The van der Waals surface area contributed by atoms with Crippen molar-refractivity contribution >= 4 is 5.97 Å². The largest absolute Gasteiger partial charge is 0.463 e. The number of carbonyl (C=O) groups excluding carboxylic acids is 1. The number of hydrogen-bond donors (Lipinski definition) is 0. The van der Waals surface area contributed by atoms with Crippen LogP contribution in [0.5, 0.6) is 0 Å². The van der Waals surface area contributed by atoms with Crippen LogP contribution in [-0.4, -0.2) is 39.5 Å². The van der Waals surface area contributed by atoms with Crippen LogP contribution in [0.4, 0.5) is 0 Å². The second-order valence-electron chi connectivity index (χ2n) is 4.73. The molecule has 0 heterocycles. The van der Waals surface area contributed by atoms with Crippen molar-refractivity contribution in [3.8, 4) is 0 Å². The topological polar surface area (TPSA) is 44.8 Å². The lowest BCUT2D eigenvalue weighted by molar-refractivity contribution is -0.151. The van der Waals surface area contributed by atoms with E-state index in [0.717, 1.165) is 31.6 Å². The van der Waals surface area contributed by atoms with Gasteiger partial charge in [0.2, 0.25) is 0 Å². The summed E-state index contributed by atoms with van der Waals surface area (Å²) in [5, 5.41) is 0. The van der Waals surface area contributed by atoms with Gasteiger partial charge in [0.05, 0.1) is 25.7 Å². The monoisotopic (exact) mass is 244 g/mol. The summed E-state index contributed by atoms with van der Waals surface area (Å²) in [7, 11) is 1.63. The number of hydrogen-bond acceptors (Lipinski definition) is 4. The highest BCUT2D eigenvalue weighted by Gasteiger charge is 2.25. The fourth-order valence-corrected chi connectivity index (χ4v) is 2.06. The Hall–Kier alpha value is -0.610. The molecule has 0 radical (unpaired) electrons. The molecule has 0 spiro atoms. The second kappa shape index (κ2) is 8.48. The maximum atomic E-state index is 11.7. The van der Waals surface area contributed by atoms with E-state index in [1.54, 1.807) is 7.11 Å². The fourth-order valence-electron chi connectivity index (χ4n) is 2.06. The minimum absolute atomic E-state index is 0.0489. The van der Waals surface area contributed by atoms with Crippen molar-refractivity contribution in [1.29, 1.82) is 0 Å². The molecule has 1 aliphatic rings. The van der Waals surface area contributed by atoms with Crippen LogP contribution >= 0.6 is 0 Å². The molecule has 17 heavy (non-hydrogen) atoms. The average molecular weight is 244 g/mol. The Balaban J connectivity index is 2.01. The van der Waals surface area contributed by atoms with Crippen molar-refractivity contribution in [1.82, 2.24) is 0 Å². The van der Waals surface area contributed by atoms with Crippen LogP contribution < -0.4 is 0 Å². The maximum absolute atomic E-state index is 11.7. The Morgan fingerprint density at radius 3 is 2.35 bits per heavy atom. The van der Waals surface area contributed by atoms with Gasteiger partial charge in [-0.25, -0.2) is 0 Å². The molecule has 4 nitrogen and oxygen atoms in total. The predicted octanol–water partition coefficient (Wildman–Crippen LogP) is 2.02. The fraction of sp³-hybridized carbons (Fsp3) is 0.923. The third-order valence-electron chi connectivity index (χ3n) is 3.25. The van der Waals surface area contributed by atoms with Crippen molar-refractivity contribution < 1.29 is 19.0 Å². The van der Waals surface area contributed by atoms with Gasteiger partial charge in [0, 0.05) is 7.11 Å². The molecule has 1 saturated carbocycles. The van der Waals surface area contributed by atoms with Crippen molar-refractivity contribution in [3.05, 3.63) is 0 Å². The van der Waals surface area contributed by atoms with Gasteiger partial charge in [-0.2, -0.15) is 0 Å². The second-order valence-corrected chi connectivity index (χ2v) is 4.73. The van der Waals surface area contributed by atoms with Crippen LogP contribution in [0, 0.1) is 11.8 Å². The molecule has 100 valence electrons. The van der Waals surface area contributed by atoms with Gasteiger partial charge in [-0.1, -0.05) is 6.92 Å². The van der Waals surface area contributed by atoms with Crippen molar-refractivity contribution in [2.45, 2.75) is 32.6 Å². The molecule has 4 heteroatoms. The first-order valence-electron chi connectivity index (χ1n) is 6.47. The van der Waals surface area contributed by atoms with Gasteiger partial charge in [0.1, 0.15) is 6.61 Å². The number of carbonyl (C=O) groups is 1. The minimum atomic E-state index is -0.0489. The summed E-state index contributed by atoms with van der Waals surface area (Å²) in [4.78, 5) is 11.7. The highest BCUT2D eigenvalue weighted by Crippen LogP contribution is 2.28. The van der Waals surface area contributed by atoms with Crippen LogP contribution in [-0.2, 0) is 19.0 Å². The zero-order valence-corrected chi connectivity index (χ0v) is 10.9. The zero-order valence-electron chi connectivity index (χ0n) is 10.9. The summed E-state index contributed by atoms with van der Waals surface area (Å²) in [5.41, 5.74) is 0. The predicted molar refractivity (Wildman–Crippen MR) is 64.8 cm³/mol. The molecule has 0 aromatic rings. The molecule has 0 aromatic carbocycles.